The van der Waals surface area contributed by atoms with E-state index in [2.05, 4.69) is 10.6 Å². The van der Waals surface area contributed by atoms with Crippen LogP contribution in [0.2, 0.25) is 0 Å². The van der Waals surface area contributed by atoms with Gasteiger partial charge in [0.05, 0.1) is 31.5 Å². The van der Waals surface area contributed by atoms with Crippen LogP contribution in [0.15, 0.2) is 18.2 Å². The van der Waals surface area contributed by atoms with Crippen LogP contribution in [0.4, 0.5) is 14.5 Å². The Labute approximate surface area is 162 Å². The number of fused-ring (bicyclic) bond motifs is 1. The van der Waals surface area contributed by atoms with Crippen LogP contribution in [0.5, 0.6) is 0 Å². The predicted molar refractivity (Wildman–Crippen MR) is 97.8 cm³/mol. The fourth-order valence-electron chi connectivity index (χ4n) is 4.22. The van der Waals surface area contributed by atoms with Gasteiger partial charge in [-0.2, -0.15) is 0 Å². The lowest BCUT2D eigenvalue weighted by Crippen LogP contribution is -2.69. The number of nitrogens with zero attached hydrogens (tertiary/aromatic N) is 2. The van der Waals surface area contributed by atoms with Crippen LogP contribution in [-0.4, -0.2) is 67.6 Å². The van der Waals surface area contributed by atoms with Crippen LogP contribution in [0, 0.1) is 5.82 Å². The van der Waals surface area contributed by atoms with Crippen LogP contribution in [0.1, 0.15) is 18.9 Å². The number of benzene rings is 1. The van der Waals surface area contributed by atoms with Crippen molar-refractivity contribution in [2.75, 3.05) is 31.2 Å². The second-order valence-electron chi connectivity index (χ2n) is 7.52. The molecule has 2 fully saturated rings. The summed E-state index contributed by atoms with van der Waals surface area (Å²) in [4.78, 5) is 28.5. The second-order valence-corrected chi connectivity index (χ2v) is 7.52. The number of ether oxygens (including phenoxy) is 1. The summed E-state index contributed by atoms with van der Waals surface area (Å²) in [5.41, 5.74) is 1.48. The lowest BCUT2D eigenvalue weighted by Gasteiger charge is -2.41. The number of morpholine rings is 1. The molecule has 2 saturated heterocycles. The topological polar surface area (TPSA) is 73.9 Å². The van der Waals surface area contributed by atoms with E-state index >= 15 is 0 Å². The van der Waals surface area contributed by atoms with Gasteiger partial charge in [0, 0.05) is 19.1 Å². The maximum Gasteiger partial charge on any atom is 0.258 e. The maximum absolute atomic E-state index is 14.4. The summed E-state index contributed by atoms with van der Waals surface area (Å²) >= 11 is 0. The van der Waals surface area contributed by atoms with Crippen LogP contribution in [-0.2, 0) is 20.7 Å². The SMILES string of the molecule is CC1Cc2ccc(F)cc2N1C(=O)CC1NC(=O)C(F)C(N2CCOCC2)N1. The van der Waals surface area contributed by atoms with Gasteiger partial charge in [-0.25, -0.2) is 8.78 Å². The summed E-state index contributed by atoms with van der Waals surface area (Å²) < 4.78 is 33.4. The Morgan fingerprint density at radius 1 is 1.32 bits per heavy atom. The molecule has 4 rings (SSSR count). The Bertz CT molecular complexity index is 772. The molecule has 152 valence electrons. The van der Waals surface area contributed by atoms with Crippen molar-refractivity contribution in [2.24, 2.45) is 0 Å². The molecule has 9 heteroatoms. The number of rotatable bonds is 3. The predicted octanol–water partition coefficient (Wildman–Crippen LogP) is 0.535. The molecule has 0 spiro atoms. The fraction of sp³-hybridized carbons (Fsp3) is 0.579. The van der Waals surface area contributed by atoms with Crippen molar-refractivity contribution >= 4 is 17.5 Å². The number of anilines is 1. The van der Waals surface area contributed by atoms with Crippen molar-refractivity contribution in [3.8, 4) is 0 Å². The van der Waals surface area contributed by atoms with Gasteiger partial charge in [0.15, 0.2) is 0 Å². The number of hydrogen-bond donors (Lipinski definition) is 2. The molecule has 0 aliphatic carbocycles. The molecule has 0 saturated carbocycles. The highest BCUT2D eigenvalue weighted by Gasteiger charge is 2.41. The van der Waals surface area contributed by atoms with Gasteiger partial charge in [-0.3, -0.25) is 19.8 Å². The van der Waals surface area contributed by atoms with E-state index in [-0.39, 0.29) is 18.4 Å². The van der Waals surface area contributed by atoms with Crippen molar-refractivity contribution < 1.29 is 23.1 Å². The Kier molecular flexibility index (Phi) is 5.31. The van der Waals surface area contributed by atoms with E-state index in [1.165, 1.54) is 12.1 Å². The molecule has 3 aliphatic heterocycles. The molecular weight excluding hydrogens is 370 g/mol. The molecule has 28 heavy (non-hydrogen) atoms. The summed E-state index contributed by atoms with van der Waals surface area (Å²) in [6.45, 7) is 3.88. The van der Waals surface area contributed by atoms with Crippen molar-refractivity contribution in [3.63, 3.8) is 0 Å². The van der Waals surface area contributed by atoms with E-state index < -0.39 is 30.2 Å². The first-order valence-corrected chi connectivity index (χ1v) is 9.57. The number of hydrogen-bond acceptors (Lipinski definition) is 5. The Hall–Kier alpha value is -2.10. The number of amides is 2. The summed E-state index contributed by atoms with van der Waals surface area (Å²) in [6.07, 6.45) is -2.60. The zero-order valence-corrected chi connectivity index (χ0v) is 15.7. The molecular formula is C19H24F2N4O3. The van der Waals surface area contributed by atoms with Crippen LogP contribution in [0.25, 0.3) is 0 Å². The highest BCUT2D eigenvalue weighted by Crippen LogP contribution is 2.33. The van der Waals surface area contributed by atoms with Crippen LogP contribution in [0.3, 0.4) is 0 Å². The second kappa shape index (κ2) is 7.73. The maximum atomic E-state index is 14.4. The van der Waals surface area contributed by atoms with Crippen molar-refractivity contribution in [1.29, 1.82) is 0 Å². The standard InChI is InChI=1S/C19H24F2N4O3/c1-11-8-12-2-3-13(20)9-14(12)25(11)16(26)10-15-22-18(17(21)19(27)23-15)24-4-6-28-7-5-24/h2-3,9,11,15,17-18,22H,4-8,10H2,1H3,(H,23,27). The van der Waals surface area contributed by atoms with Gasteiger partial charge in [0.25, 0.3) is 5.91 Å². The summed E-state index contributed by atoms with van der Waals surface area (Å²) in [5, 5.41) is 5.58. The van der Waals surface area contributed by atoms with Gasteiger partial charge in [-0.05, 0) is 31.0 Å². The first kappa shape index (κ1) is 19.2. The normalized spacial score (nSPS) is 30.8. The van der Waals surface area contributed by atoms with E-state index in [9.17, 15) is 18.4 Å². The number of carbonyl (C=O) groups excluding carboxylic acids is 2. The highest BCUT2D eigenvalue weighted by atomic mass is 19.1. The third-order valence-corrected chi connectivity index (χ3v) is 5.57. The van der Waals surface area contributed by atoms with Crippen molar-refractivity contribution in [1.82, 2.24) is 15.5 Å². The fourth-order valence-corrected chi connectivity index (χ4v) is 4.22. The van der Waals surface area contributed by atoms with E-state index in [1.54, 1.807) is 11.0 Å². The molecule has 1 aromatic rings. The first-order chi connectivity index (χ1) is 13.4. The molecule has 3 heterocycles. The van der Waals surface area contributed by atoms with E-state index in [0.29, 0.717) is 38.4 Å². The van der Waals surface area contributed by atoms with Gasteiger partial charge in [0.1, 0.15) is 12.0 Å². The Morgan fingerprint density at radius 3 is 2.82 bits per heavy atom. The highest BCUT2D eigenvalue weighted by molar-refractivity contribution is 5.97. The Morgan fingerprint density at radius 2 is 2.07 bits per heavy atom. The summed E-state index contributed by atoms with van der Waals surface area (Å²) in [7, 11) is 0. The first-order valence-electron chi connectivity index (χ1n) is 9.57. The minimum absolute atomic E-state index is 0.0421. The van der Waals surface area contributed by atoms with Gasteiger partial charge >= 0.3 is 0 Å². The third-order valence-electron chi connectivity index (χ3n) is 5.57. The molecule has 7 nitrogen and oxygen atoms in total. The zero-order chi connectivity index (χ0) is 19.8. The van der Waals surface area contributed by atoms with Gasteiger partial charge in [-0.1, -0.05) is 6.07 Å². The van der Waals surface area contributed by atoms with Gasteiger partial charge < -0.3 is 15.0 Å². The minimum Gasteiger partial charge on any atom is -0.379 e. The van der Waals surface area contributed by atoms with Crippen LogP contribution < -0.4 is 15.5 Å². The largest absolute Gasteiger partial charge is 0.379 e. The number of carbonyl (C=O) groups is 2. The zero-order valence-electron chi connectivity index (χ0n) is 15.7. The molecule has 0 aromatic heterocycles. The van der Waals surface area contributed by atoms with E-state index in [4.69, 9.17) is 4.74 Å². The number of halogens is 2. The lowest BCUT2D eigenvalue weighted by molar-refractivity contribution is -0.137. The van der Waals surface area contributed by atoms with Crippen molar-refractivity contribution in [2.45, 2.75) is 44.3 Å². The monoisotopic (exact) mass is 394 g/mol. The Balaban J connectivity index is 1.47. The minimum atomic E-state index is -1.72. The molecule has 4 unspecified atom stereocenters. The molecule has 0 radical (unpaired) electrons. The summed E-state index contributed by atoms with van der Waals surface area (Å²) in [6, 6.07) is 4.33. The van der Waals surface area contributed by atoms with Gasteiger partial charge in [0.2, 0.25) is 12.1 Å². The smallest absolute Gasteiger partial charge is 0.258 e. The molecule has 2 N–H and O–H groups in total. The summed E-state index contributed by atoms with van der Waals surface area (Å²) in [5.74, 6) is -1.37. The molecule has 3 aliphatic rings. The number of alkyl halides is 1. The lowest BCUT2D eigenvalue weighted by atomic mass is 10.1. The third kappa shape index (κ3) is 3.61. The molecule has 0 bridgehead atoms. The average molecular weight is 394 g/mol. The average Bonchev–Trinajstić information content (AvgIpc) is 3.00. The van der Waals surface area contributed by atoms with Gasteiger partial charge in [-0.15, -0.1) is 0 Å². The molecule has 4 atom stereocenters. The molecule has 1 aromatic carbocycles. The van der Waals surface area contributed by atoms with E-state index in [0.717, 1.165) is 5.56 Å². The quantitative estimate of drug-likeness (QED) is 0.783. The van der Waals surface area contributed by atoms with E-state index in [1.807, 2.05) is 11.8 Å². The number of nitrogens with one attached hydrogen (secondary N) is 2. The van der Waals surface area contributed by atoms with Crippen LogP contribution >= 0.6 is 0 Å². The van der Waals surface area contributed by atoms with Crippen molar-refractivity contribution in [3.05, 3.63) is 29.6 Å². The molecule has 2 amide bonds.